The van der Waals surface area contributed by atoms with Crippen LogP contribution in [0.5, 0.6) is 0 Å². The summed E-state index contributed by atoms with van der Waals surface area (Å²) in [7, 11) is 1.57. The van der Waals surface area contributed by atoms with Crippen LogP contribution in [0, 0.1) is 18.7 Å². The minimum absolute atomic E-state index is 0.103. The third-order valence-electron chi connectivity index (χ3n) is 6.23. The second kappa shape index (κ2) is 7.88. The first-order valence-corrected chi connectivity index (χ1v) is 11.1. The molecule has 0 aliphatic carbocycles. The predicted octanol–water partition coefficient (Wildman–Crippen LogP) is 3.83. The van der Waals surface area contributed by atoms with E-state index >= 15 is 0 Å². The van der Waals surface area contributed by atoms with Crippen LogP contribution in [-0.2, 0) is 20.1 Å². The first-order chi connectivity index (χ1) is 15.8. The lowest BCUT2D eigenvalue weighted by molar-refractivity contribution is 0.457. The number of para-hydroxylation sites is 1. The molecule has 9 heteroatoms. The maximum Gasteiger partial charge on any atom is 0.332 e. The van der Waals surface area contributed by atoms with E-state index in [0.29, 0.717) is 23.7 Å². The molecule has 0 unspecified atom stereocenters. The highest BCUT2D eigenvalue weighted by atomic mass is 35.5. The normalized spacial score (nSPS) is 15.8. The second-order valence-corrected chi connectivity index (χ2v) is 9.04. The molecule has 0 spiro atoms. The highest BCUT2D eigenvalue weighted by Crippen LogP contribution is 2.34. The minimum atomic E-state index is -0.572. The van der Waals surface area contributed by atoms with E-state index in [-0.39, 0.29) is 23.0 Å². The number of nitrogens with zero attached hydrogens (tertiary/aromatic N) is 5. The fraction of sp³-hybridized carbons (Fsp3) is 0.292. The van der Waals surface area contributed by atoms with E-state index in [2.05, 4.69) is 11.8 Å². The summed E-state index contributed by atoms with van der Waals surface area (Å²) in [5.74, 6) is 0.290. The summed E-state index contributed by atoms with van der Waals surface area (Å²) in [4.78, 5) is 33.5. The number of rotatable bonds is 3. The Morgan fingerprint density at radius 2 is 1.88 bits per heavy atom. The van der Waals surface area contributed by atoms with Crippen molar-refractivity contribution in [3.8, 4) is 0 Å². The summed E-state index contributed by atoms with van der Waals surface area (Å²) in [5.41, 5.74) is 1.75. The smallest absolute Gasteiger partial charge is 0.311 e. The van der Waals surface area contributed by atoms with Crippen molar-refractivity contribution in [3.63, 3.8) is 0 Å². The lowest BCUT2D eigenvalue weighted by Gasteiger charge is -2.33. The van der Waals surface area contributed by atoms with Gasteiger partial charge in [0.05, 0.1) is 6.54 Å². The molecule has 0 radical (unpaired) electrons. The molecule has 3 heterocycles. The van der Waals surface area contributed by atoms with E-state index in [4.69, 9.17) is 16.6 Å². The van der Waals surface area contributed by atoms with Gasteiger partial charge in [0.15, 0.2) is 11.2 Å². The molecule has 0 N–H and O–H groups in total. The Kier molecular flexibility index (Phi) is 5.12. The summed E-state index contributed by atoms with van der Waals surface area (Å²) < 4.78 is 18.7. The number of fused-ring (bicyclic) bond motifs is 3. The monoisotopic (exact) mass is 467 g/mol. The van der Waals surface area contributed by atoms with Crippen molar-refractivity contribution >= 4 is 34.4 Å². The van der Waals surface area contributed by atoms with Gasteiger partial charge in [0.25, 0.3) is 5.56 Å². The molecule has 1 aliphatic rings. The van der Waals surface area contributed by atoms with Crippen molar-refractivity contribution in [2.24, 2.45) is 13.0 Å². The summed E-state index contributed by atoms with van der Waals surface area (Å²) in [5, 5.41) is 0.165. The number of aromatic nitrogens is 4. The molecule has 33 heavy (non-hydrogen) atoms. The summed E-state index contributed by atoms with van der Waals surface area (Å²) >= 11 is 6.17. The van der Waals surface area contributed by atoms with E-state index in [9.17, 15) is 14.0 Å². The molecule has 7 nitrogen and oxygen atoms in total. The molecule has 2 aromatic carbocycles. The molecule has 0 saturated carbocycles. The molecule has 2 aromatic heterocycles. The number of aryl methyl sites for hydroxylation is 2. The average molecular weight is 468 g/mol. The fourth-order valence-electron chi connectivity index (χ4n) is 4.56. The zero-order chi connectivity index (χ0) is 23.4. The van der Waals surface area contributed by atoms with Crippen LogP contribution in [-0.4, -0.2) is 25.2 Å². The van der Waals surface area contributed by atoms with Gasteiger partial charge in [-0.2, -0.15) is 4.98 Å². The Labute approximate surface area is 194 Å². The Bertz CT molecular complexity index is 1500. The van der Waals surface area contributed by atoms with Crippen LogP contribution >= 0.6 is 11.6 Å². The fourth-order valence-corrected chi connectivity index (χ4v) is 4.78. The van der Waals surface area contributed by atoms with Crippen LogP contribution < -0.4 is 16.1 Å². The Morgan fingerprint density at radius 1 is 1.12 bits per heavy atom. The number of hydrogen-bond acceptors (Lipinski definition) is 4. The Morgan fingerprint density at radius 3 is 2.61 bits per heavy atom. The molecule has 0 amide bonds. The van der Waals surface area contributed by atoms with Gasteiger partial charge >= 0.3 is 5.69 Å². The summed E-state index contributed by atoms with van der Waals surface area (Å²) in [6, 6.07) is 12.3. The molecular weight excluding hydrogens is 445 g/mol. The predicted molar refractivity (Wildman–Crippen MR) is 127 cm³/mol. The highest BCUT2D eigenvalue weighted by Gasteiger charge is 2.30. The molecule has 170 valence electrons. The Balaban J connectivity index is 1.76. The molecule has 0 fully saturated rings. The third kappa shape index (κ3) is 3.36. The van der Waals surface area contributed by atoms with E-state index in [0.717, 1.165) is 22.4 Å². The minimum Gasteiger partial charge on any atom is -0.311 e. The number of hydrogen-bond donors (Lipinski definition) is 0. The largest absolute Gasteiger partial charge is 0.332 e. The lowest BCUT2D eigenvalue weighted by atomic mass is 10.1. The first-order valence-electron chi connectivity index (χ1n) is 10.7. The zero-order valence-corrected chi connectivity index (χ0v) is 19.3. The molecule has 5 rings (SSSR count). The average Bonchev–Trinajstić information content (AvgIpc) is 3.16. The number of anilines is 2. The molecule has 0 bridgehead atoms. The summed E-state index contributed by atoms with van der Waals surface area (Å²) in [6.45, 7) is 5.20. The van der Waals surface area contributed by atoms with Gasteiger partial charge in [-0.25, -0.2) is 9.18 Å². The maximum atomic E-state index is 14.4. The van der Waals surface area contributed by atoms with Crippen LogP contribution in [0.25, 0.3) is 11.2 Å². The number of imidazole rings is 1. The zero-order valence-electron chi connectivity index (χ0n) is 18.5. The van der Waals surface area contributed by atoms with Crippen LogP contribution in [0.3, 0.4) is 0 Å². The van der Waals surface area contributed by atoms with Crippen molar-refractivity contribution in [2.75, 3.05) is 11.4 Å². The topological polar surface area (TPSA) is 65.1 Å². The molecule has 4 aromatic rings. The van der Waals surface area contributed by atoms with Crippen molar-refractivity contribution in [1.29, 1.82) is 0 Å². The second-order valence-electron chi connectivity index (χ2n) is 8.63. The molecule has 1 aliphatic heterocycles. The van der Waals surface area contributed by atoms with Gasteiger partial charge in [-0.15, -0.1) is 0 Å². The van der Waals surface area contributed by atoms with E-state index in [1.54, 1.807) is 7.05 Å². The van der Waals surface area contributed by atoms with Gasteiger partial charge in [-0.1, -0.05) is 42.8 Å². The van der Waals surface area contributed by atoms with E-state index in [1.165, 1.54) is 22.8 Å². The maximum absolute atomic E-state index is 14.4. The van der Waals surface area contributed by atoms with Gasteiger partial charge in [-0.05, 0) is 36.6 Å². The van der Waals surface area contributed by atoms with Gasteiger partial charge < -0.3 is 9.47 Å². The third-order valence-corrected chi connectivity index (χ3v) is 6.58. The van der Waals surface area contributed by atoms with Crippen LogP contribution in [0.2, 0.25) is 5.02 Å². The van der Waals surface area contributed by atoms with Crippen LogP contribution in [0.1, 0.15) is 18.1 Å². The SMILES string of the molecule is Cc1ccccc1N1C[C@H](C)Cn2c1nc1c2c(=O)n(Cc2c(F)cccc2Cl)c(=O)n1C. The number of benzene rings is 2. The van der Waals surface area contributed by atoms with Crippen molar-refractivity contribution in [3.05, 3.63) is 85.3 Å². The van der Waals surface area contributed by atoms with E-state index < -0.39 is 17.1 Å². The van der Waals surface area contributed by atoms with Crippen molar-refractivity contribution in [1.82, 2.24) is 18.7 Å². The lowest BCUT2D eigenvalue weighted by Crippen LogP contribution is -2.41. The van der Waals surface area contributed by atoms with Gasteiger partial charge in [0, 0.05) is 36.4 Å². The summed E-state index contributed by atoms with van der Waals surface area (Å²) in [6.07, 6.45) is 0. The number of halogens is 2. The van der Waals surface area contributed by atoms with Gasteiger partial charge in [0.2, 0.25) is 5.95 Å². The van der Waals surface area contributed by atoms with E-state index in [1.807, 2.05) is 35.8 Å². The van der Waals surface area contributed by atoms with Gasteiger partial charge in [-0.3, -0.25) is 13.9 Å². The quantitative estimate of drug-likeness (QED) is 0.459. The van der Waals surface area contributed by atoms with Crippen molar-refractivity contribution in [2.45, 2.75) is 26.9 Å². The first kappa shape index (κ1) is 21.5. The van der Waals surface area contributed by atoms with Gasteiger partial charge in [0.1, 0.15) is 5.82 Å². The van der Waals surface area contributed by atoms with Crippen LogP contribution in [0.4, 0.5) is 16.0 Å². The highest BCUT2D eigenvalue weighted by molar-refractivity contribution is 6.31. The van der Waals surface area contributed by atoms with Crippen molar-refractivity contribution < 1.29 is 4.39 Å². The molecule has 1 atom stereocenters. The standard InChI is InChI=1S/C24H23ClFN5O2/c1-14-11-29(19-10-5-4-7-15(19)2)23-27-21-20(30(23)12-14)22(32)31(24(33)28(21)3)13-16-17(25)8-6-9-18(16)26/h4-10,14H,11-13H2,1-3H3/t14-/m0/s1. The Hall–Kier alpha value is -3.39. The molecule has 0 saturated heterocycles. The molecular formula is C24H23ClFN5O2. The van der Waals surface area contributed by atoms with Crippen LogP contribution in [0.15, 0.2) is 52.1 Å².